The molecule has 0 N–H and O–H groups in total. The number of carbonyl (C=O) groups is 1. The zero-order valence-corrected chi connectivity index (χ0v) is 15.4. The van der Waals surface area contributed by atoms with Gasteiger partial charge in [0.1, 0.15) is 11.5 Å². The second-order valence-electron chi connectivity index (χ2n) is 5.47. The number of hydrogen-bond acceptors (Lipinski definition) is 8. The van der Waals surface area contributed by atoms with E-state index < -0.39 is 11.5 Å². The Morgan fingerprint density at radius 3 is 2.84 bits per heavy atom. The van der Waals surface area contributed by atoms with Crippen LogP contribution in [-0.2, 0) is 18.0 Å². The number of esters is 1. The van der Waals surface area contributed by atoms with Crippen molar-refractivity contribution >= 4 is 32.8 Å². The predicted octanol–water partition coefficient (Wildman–Crippen LogP) is 1.92. The molecule has 10 heteroatoms. The zero-order valence-electron chi connectivity index (χ0n) is 13.8. The van der Waals surface area contributed by atoms with Crippen molar-refractivity contribution in [3.05, 3.63) is 44.4 Å². The average molecular weight is 411 g/mol. The van der Waals surface area contributed by atoms with Gasteiger partial charge in [-0.25, -0.2) is 9.48 Å². The summed E-state index contributed by atoms with van der Waals surface area (Å²) in [5, 5.41) is 8.16. The normalized spacial score (nSPS) is 11.4. The summed E-state index contributed by atoms with van der Waals surface area (Å²) in [5.41, 5.74) is -0.418. The Labute approximate surface area is 150 Å². The highest BCUT2D eigenvalue weighted by molar-refractivity contribution is 9.10. The fourth-order valence-corrected chi connectivity index (χ4v) is 2.79. The van der Waals surface area contributed by atoms with Gasteiger partial charge in [0.15, 0.2) is 15.9 Å². The number of aromatic nitrogens is 3. The molecule has 0 spiro atoms. The smallest absolute Gasteiger partial charge is 0.359 e. The van der Waals surface area contributed by atoms with E-state index in [9.17, 15) is 9.59 Å². The molecule has 0 atom stereocenters. The summed E-state index contributed by atoms with van der Waals surface area (Å²) >= 11 is 3.24. The van der Waals surface area contributed by atoms with Crippen LogP contribution in [0, 0.1) is 6.92 Å². The summed E-state index contributed by atoms with van der Waals surface area (Å²) in [7, 11) is 3.04. The third kappa shape index (κ3) is 3.35. The molecule has 25 heavy (non-hydrogen) atoms. The van der Waals surface area contributed by atoms with E-state index in [1.165, 1.54) is 7.11 Å². The number of furan rings is 1. The maximum atomic E-state index is 12.6. The number of ether oxygens (including phenoxy) is 1. The summed E-state index contributed by atoms with van der Waals surface area (Å²) in [4.78, 5) is 26.4. The standard InChI is InChI=1S/C15H15BrN4O5/c1-8-11-12(18-25-8)14(21)20(17-13(11)15(22)23-3)7-19(2)6-9-4-5-10(16)24-9/h4-5H,6-7H2,1-3H3. The number of aryl methyl sites for hydroxylation is 1. The first kappa shape index (κ1) is 17.4. The monoisotopic (exact) mass is 410 g/mol. The van der Waals surface area contributed by atoms with Crippen LogP contribution in [0.3, 0.4) is 0 Å². The van der Waals surface area contributed by atoms with Crippen molar-refractivity contribution in [1.82, 2.24) is 19.8 Å². The summed E-state index contributed by atoms with van der Waals surface area (Å²) in [6, 6.07) is 3.61. The lowest BCUT2D eigenvalue weighted by Gasteiger charge is -2.16. The van der Waals surface area contributed by atoms with Gasteiger partial charge >= 0.3 is 5.97 Å². The lowest BCUT2D eigenvalue weighted by atomic mass is 10.2. The van der Waals surface area contributed by atoms with Crippen LogP contribution < -0.4 is 5.56 Å². The topological polar surface area (TPSA) is 104 Å². The number of nitrogens with zero attached hydrogens (tertiary/aromatic N) is 4. The molecule has 0 aliphatic rings. The van der Waals surface area contributed by atoms with Gasteiger partial charge in [0, 0.05) is 0 Å². The number of rotatable bonds is 5. The Hall–Kier alpha value is -2.46. The van der Waals surface area contributed by atoms with Gasteiger partial charge in [-0.05, 0) is 42.0 Å². The minimum Gasteiger partial charge on any atom is -0.464 e. The van der Waals surface area contributed by atoms with Crippen LogP contribution in [0.2, 0.25) is 0 Å². The van der Waals surface area contributed by atoms with Crippen molar-refractivity contribution < 1.29 is 18.5 Å². The fraction of sp³-hybridized carbons (Fsp3) is 0.333. The van der Waals surface area contributed by atoms with Gasteiger partial charge < -0.3 is 13.7 Å². The summed E-state index contributed by atoms with van der Waals surface area (Å²) in [5.74, 6) is 0.387. The molecule has 0 saturated heterocycles. The molecular weight excluding hydrogens is 396 g/mol. The van der Waals surface area contributed by atoms with Crippen LogP contribution in [-0.4, -0.2) is 40.0 Å². The number of carbonyl (C=O) groups excluding carboxylic acids is 1. The summed E-state index contributed by atoms with van der Waals surface area (Å²) in [6.07, 6.45) is 0. The largest absolute Gasteiger partial charge is 0.464 e. The molecule has 3 rings (SSSR count). The van der Waals surface area contributed by atoms with Crippen LogP contribution >= 0.6 is 15.9 Å². The van der Waals surface area contributed by atoms with Crippen molar-refractivity contribution in [2.45, 2.75) is 20.1 Å². The summed E-state index contributed by atoms with van der Waals surface area (Å²) in [6.45, 7) is 2.18. The highest BCUT2D eigenvalue weighted by Crippen LogP contribution is 2.19. The molecule has 0 radical (unpaired) electrons. The molecule has 3 heterocycles. The molecule has 9 nitrogen and oxygen atoms in total. The minimum absolute atomic E-state index is 0.00927. The predicted molar refractivity (Wildman–Crippen MR) is 90.0 cm³/mol. The quantitative estimate of drug-likeness (QED) is 0.587. The molecule has 0 aromatic carbocycles. The maximum Gasteiger partial charge on any atom is 0.359 e. The number of halogens is 1. The van der Waals surface area contributed by atoms with E-state index in [2.05, 4.69) is 26.2 Å². The molecular formula is C15H15BrN4O5. The van der Waals surface area contributed by atoms with Gasteiger partial charge in [-0.15, -0.1) is 0 Å². The second kappa shape index (κ2) is 6.81. The minimum atomic E-state index is -0.664. The molecule has 0 bridgehead atoms. The average Bonchev–Trinajstić information content (AvgIpc) is 3.15. The molecule has 0 amide bonds. The first-order valence-electron chi connectivity index (χ1n) is 7.29. The van der Waals surface area contributed by atoms with Crippen molar-refractivity contribution in [3.63, 3.8) is 0 Å². The first-order valence-corrected chi connectivity index (χ1v) is 8.08. The molecule has 0 fully saturated rings. The second-order valence-corrected chi connectivity index (χ2v) is 6.25. The van der Waals surface area contributed by atoms with E-state index in [0.717, 1.165) is 4.68 Å². The van der Waals surface area contributed by atoms with E-state index in [1.54, 1.807) is 24.9 Å². The van der Waals surface area contributed by atoms with Crippen LogP contribution in [0.4, 0.5) is 0 Å². The van der Waals surface area contributed by atoms with Crippen LogP contribution in [0.5, 0.6) is 0 Å². The third-order valence-corrected chi connectivity index (χ3v) is 3.99. The van der Waals surface area contributed by atoms with E-state index in [1.807, 2.05) is 6.07 Å². The van der Waals surface area contributed by atoms with Crippen molar-refractivity contribution in [3.8, 4) is 0 Å². The van der Waals surface area contributed by atoms with Gasteiger partial charge in [0.25, 0.3) is 5.56 Å². The lowest BCUT2D eigenvalue weighted by molar-refractivity contribution is 0.0591. The third-order valence-electron chi connectivity index (χ3n) is 3.57. The van der Waals surface area contributed by atoms with Gasteiger partial charge in [0.2, 0.25) is 0 Å². The Balaban J connectivity index is 1.97. The SMILES string of the molecule is COC(=O)c1nn(CN(C)Cc2ccc(Br)o2)c(=O)c2noc(C)c12. The van der Waals surface area contributed by atoms with Crippen LogP contribution in [0.25, 0.3) is 10.9 Å². The Kier molecular flexibility index (Phi) is 4.73. The highest BCUT2D eigenvalue weighted by atomic mass is 79.9. The maximum absolute atomic E-state index is 12.6. The van der Waals surface area contributed by atoms with Crippen molar-refractivity contribution in [1.29, 1.82) is 0 Å². The van der Waals surface area contributed by atoms with Crippen LogP contribution in [0.1, 0.15) is 22.0 Å². The molecule has 3 aromatic rings. The van der Waals surface area contributed by atoms with Crippen molar-refractivity contribution in [2.24, 2.45) is 0 Å². The van der Waals surface area contributed by atoms with E-state index >= 15 is 0 Å². The Bertz CT molecular complexity index is 990. The fourth-order valence-electron chi connectivity index (χ4n) is 2.45. The van der Waals surface area contributed by atoms with Crippen molar-refractivity contribution in [2.75, 3.05) is 14.2 Å². The van der Waals surface area contributed by atoms with Crippen LogP contribution in [0.15, 0.2) is 30.5 Å². The molecule has 0 saturated carbocycles. The Morgan fingerprint density at radius 2 is 2.20 bits per heavy atom. The molecule has 0 aliphatic heterocycles. The lowest BCUT2D eigenvalue weighted by Crippen LogP contribution is -2.33. The van der Waals surface area contributed by atoms with E-state index in [-0.39, 0.29) is 23.3 Å². The van der Waals surface area contributed by atoms with Gasteiger partial charge in [0.05, 0.1) is 25.7 Å². The van der Waals surface area contributed by atoms with E-state index in [4.69, 9.17) is 13.7 Å². The number of hydrogen-bond donors (Lipinski definition) is 0. The van der Waals surface area contributed by atoms with Gasteiger partial charge in [-0.1, -0.05) is 5.16 Å². The summed E-state index contributed by atoms with van der Waals surface area (Å²) < 4.78 is 17.0. The first-order chi connectivity index (χ1) is 11.9. The number of methoxy groups -OCH3 is 1. The molecule has 0 aliphatic carbocycles. The van der Waals surface area contributed by atoms with Gasteiger partial charge in [-0.2, -0.15) is 5.10 Å². The molecule has 132 valence electrons. The Morgan fingerprint density at radius 1 is 1.44 bits per heavy atom. The molecule has 0 unspecified atom stereocenters. The highest BCUT2D eigenvalue weighted by Gasteiger charge is 2.23. The van der Waals surface area contributed by atoms with Gasteiger partial charge in [-0.3, -0.25) is 9.69 Å². The van der Waals surface area contributed by atoms with E-state index in [0.29, 0.717) is 22.7 Å². The number of fused-ring (bicyclic) bond motifs is 1. The zero-order chi connectivity index (χ0) is 18.1. The molecule has 3 aromatic heterocycles.